The molecule has 0 aromatic heterocycles. The number of anilines is 1. The van der Waals surface area contributed by atoms with Crippen molar-refractivity contribution in [1.29, 1.82) is 0 Å². The van der Waals surface area contributed by atoms with E-state index in [1.807, 2.05) is 24.3 Å². The molecule has 1 aliphatic heterocycles. The van der Waals surface area contributed by atoms with Crippen LogP contribution in [0.5, 0.6) is 0 Å². The van der Waals surface area contributed by atoms with Gasteiger partial charge in [-0.15, -0.1) is 0 Å². The number of halogens is 1. The highest BCUT2D eigenvalue weighted by Crippen LogP contribution is 2.32. The van der Waals surface area contributed by atoms with E-state index < -0.39 is 5.97 Å². The van der Waals surface area contributed by atoms with Gasteiger partial charge in [-0.25, -0.2) is 0 Å². The Morgan fingerprint density at radius 3 is 2.88 bits per heavy atom. The quantitative estimate of drug-likeness (QED) is 0.931. The normalized spacial score (nSPS) is 20.3. The van der Waals surface area contributed by atoms with Gasteiger partial charge in [0.25, 0.3) is 0 Å². The third kappa shape index (κ3) is 3.00. The fourth-order valence-corrected chi connectivity index (χ4v) is 2.93. The molecule has 0 spiro atoms. The lowest BCUT2D eigenvalue weighted by Crippen LogP contribution is -2.41. The van der Waals surface area contributed by atoms with E-state index in [-0.39, 0.29) is 12.5 Å². The molecule has 1 atom stereocenters. The summed E-state index contributed by atoms with van der Waals surface area (Å²) in [6.45, 7) is 0.945. The predicted octanol–water partition coefficient (Wildman–Crippen LogP) is 3.28. The van der Waals surface area contributed by atoms with E-state index in [4.69, 9.17) is 5.11 Å². The van der Waals surface area contributed by atoms with Crippen molar-refractivity contribution in [1.82, 2.24) is 0 Å². The van der Waals surface area contributed by atoms with Crippen molar-refractivity contribution in [2.24, 2.45) is 0 Å². The molecule has 0 aliphatic carbocycles. The zero-order valence-corrected chi connectivity index (χ0v) is 11.2. The molecule has 1 heterocycles. The Hall–Kier alpha value is -1.03. The number of carboxylic acids is 1. The Kier molecular flexibility index (Phi) is 4.05. The van der Waals surface area contributed by atoms with Crippen LogP contribution in [0.1, 0.15) is 25.7 Å². The molecule has 1 fully saturated rings. The third-order valence-corrected chi connectivity index (χ3v) is 3.87. The smallest absolute Gasteiger partial charge is 0.305 e. The van der Waals surface area contributed by atoms with Crippen LogP contribution < -0.4 is 4.90 Å². The van der Waals surface area contributed by atoms with E-state index in [2.05, 4.69) is 20.8 Å². The molecule has 0 saturated carbocycles. The lowest BCUT2D eigenvalue weighted by Gasteiger charge is -2.37. The maximum atomic E-state index is 10.9. The number of nitrogens with zero attached hydrogens (tertiary/aromatic N) is 1. The lowest BCUT2D eigenvalue weighted by atomic mass is 9.98. The van der Waals surface area contributed by atoms with Crippen LogP contribution in [0.4, 0.5) is 5.69 Å². The highest BCUT2D eigenvalue weighted by Gasteiger charge is 2.25. The van der Waals surface area contributed by atoms with Crippen LogP contribution >= 0.6 is 15.9 Å². The molecule has 1 aliphatic rings. The van der Waals surface area contributed by atoms with Crippen molar-refractivity contribution < 1.29 is 9.90 Å². The van der Waals surface area contributed by atoms with Crippen LogP contribution in [0.2, 0.25) is 0 Å². The number of para-hydroxylation sites is 1. The van der Waals surface area contributed by atoms with Crippen molar-refractivity contribution in [3.63, 3.8) is 0 Å². The number of carbonyl (C=O) groups is 1. The molecular formula is C13H16BrNO2. The molecule has 0 bridgehead atoms. The first-order valence-corrected chi connectivity index (χ1v) is 6.71. The minimum absolute atomic E-state index is 0.125. The molecule has 1 saturated heterocycles. The molecule has 92 valence electrons. The first kappa shape index (κ1) is 12.4. The summed E-state index contributed by atoms with van der Waals surface area (Å²) in [5, 5.41) is 8.96. The molecule has 1 aromatic carbocycles. The maximum absolute atomic E-state index is 10.9. The van der Waals surface area contributed by atoms with Crippen LogP contribution in [0.25, 0.3) is 0 Å². The number of aliphatic carboxylic acids is 1. The van der Waals surface area contributed by atoms with Gasteiger partial charge in [-0.05, 0) is 47.3 Å². The largest absolute Gasteiger partial charge is 0.481 e. The van der Waals surface area contributed by atoms with Gasteiger partial charge in [0.15, 0.2) is 0 Å². The van der Waals surface area contributed by atoms with Crippen molar-refractivity contribution in [3.05, 3.63) is 28.7 Å². The standard InChI is InChI=1S/C13H16BrNO2/c14-11-6-1-2-7-12(11)15-8-4-3-5-10(15)9-13(16)17/h1-2,6-7,10H,3-5,8-9H2,(H,16,17). The number of rotatable bonds is 3. The number of hydrogen-bond acceptors (Lipinski definition) is 2. The van der Waals surface area contributed by atoms with Gasteiger partial charge in [-0.2, -0.15) is 0 Å². The van der Waals surface area contributed by atoms with Crippen LogP contribution in [-0.4, -0.2) is 23.7 Å². The van der Waals surface area contributed by atoms with E-state index in [0.717, 1.165) is 36.0 Å². The highest BCUT2D eigenvalue weighted by molar-refractivity contribution is 9.10. The summed E-state index contributed by atoms with van der Waals surface area (Å²) in [6, 6.07) is 8.14. The summed E-state index contributed by atoms with van der Waals surface area (Å²) in [5.74, 6) is -0.714. The van der Waals surface area contributed by atoms with Gasteiger partial charge in [0.1, 0.15) is 0 Å². The number of piperidine rings is 1. The van der Waals surface area contributed by atoms with Gasteiger partial charge in [-0.1, -0.05) is 12.1 Å². The second-order valence-electron chi connectivity index (χ2n) is 4.39. The van der Waals surface area contributed by atoms with E-state index in [1.54, 1.807) is 0 Å². The zero-order valence-electron chi connectivity index (χ0n) is 9.60. The van der Waals surface area contributed by atoms with Crippen molar-refractivity contribution >= 4 is 27.6 Å². The second kappa shape index (κ2) is 5.54. The SMILES string of the molecule is O=C(O)CC1CCCCN1c1ccccc1Br. The van der Waals surface area contributed by atoms with Gasteiger partial charge in [0, 0.05) is 17.1 Å². The average Bonchev–Trinajstić information content (AvgIpc) is 2.30. The Morgan fingerprint density at radius 2 is 2.18 bits per heavy atom. The van der Waals surface area contributed by atoms with E-state index >= 15 is 0 Å². The molecule has 0 radical (unpaired) electrons. The van der Waals surface area contributed by atoms with Gasteiger partial charge >= 0.3 is 5.97 Å². The summed E-state index contributed by atoms with van der Waals surface area (Å²) in [5.41, 5.74) is 1.11. The third-order valence-electron chi connectivity index (χ3n) is 3.20. The van der Waals surface area contributed by atoms with E-state index in [1.165, 1.54) is 0 Å². The average molecular weight is 298 g/mol. The number of carboxylic acid groups (broad SMARTS) is 1. The molecule has 3 nitrogen and oxygen atoms in total. The second-order valence-corrected chi connectivity index (χ2v) is 5.25. The first-order valence-electron chi connectivity index (χ1n) is 5.91. The molecule has 0 amide bonds. The van der Waals surface area contributed by atoms with Crippen LogP contribution in [0.3, 0.4) is 0 Å². The van der Waals surface area contributed by atoms with Crippen LogP contribution in [0.15, 0.2) is 28.7 Å². The summed E-state index contributed by atoms with van der Waals surface area (Å²) in [4.78, 5) is 13.1. The molecule has 1 N–H and O–H groups in total. The van der Waals surface area contributed by atoms with Crippen LogP contribution in [0, 0.1) is 0 Å². The zero-order chi connectivity index (χ0) is 12.3. The van der Waals surface area contributed by atoms with Gasteiger partial charge in [-0.3, -0.25) is 4.79 Å². The minimum Gasteiger partial charge on any atom is -0.481 e. The Labute approximate surface area is 110 Å². The Morgan fingerprint density at radius 1 is 1.41 bits per heavy atom. The lowest BCUT2D eigenvalue weighted by molar-refractivity contribution is -0.137. The first-order chi connectivity index (χ1) is 8.18. The Balaban J connectivity index is 2.21. The molecule has 4 heteroatoms. The van der Waals surface area contributed by atoms with E-state index in [0.29, 0.717) is 0 Å². The molecule has 1 unspecified atom stereocenters. The molecule has 1 aromatic rings. The molecule has 17 heavy (non-hydrogen) atoms. The number of benzene rings is 1. The summed E-state index contributed by atoms with van der Waals surface area (Å²) < 4.78 is 1.04. The summed E-state index contributed by atoms with van der Waals surface area (Å²) in [7, 11) is 0. The molecular weight excluding hydrogens is 282 g/mol. The predicted molar refractivity (Wildman–Crippen MR) is 71.4 cm³/mol. The summed E-state index contributed by atoms with van der Waals surface area (Å²) >= 11 is 3.54. The highest BCUT2D eigenvalue weighted by atomic mass is 79.9. The number of hydrogen-bond donors (Lipinski definition) is 1. The van der Waals surface area contributed by atoms with Crippen LogP contribution in [-0.2, 0) is 4.79 Å². The maximum Gasteiger partial charge on any atom is 0.305 e. The van der Waals surface area contributed by atoms with Gasteiger partial charge < -0.3 is 10.0 Å². The van der Waals surface area contributed by atoms with Gasteiger partial charge in [0.05, 0.1) is 12.1 Å². The Bertz CT molecular complexity index is 408. The van der Waals surface area contributed by atoms with Gasteiger partial charge in [0.2, 0.25) is 0 Å². The topological polar surface area (TPSA) is 40.5 Å². The summed E-state index contributed by atoms with van der Waals surface area (Å²) in [6.07, 6.45) is 3.45. The minimum atomic E-state index is -0.714. The molecule has 2 rings (SSSR count). The van der Waals surface area contributed by atoms with Crippen molar-refractivity contribution in [3.8, 4) is 0 Å². The van der Waals surface area contributed by atoms with Crippen molar-refractivity contribution in [2.45, 2.75) is 31.7 Å². The fourth-order valence-electron chi connectivity index (χ4n) is 2.42. The fraction of sp³-hybridized carbons (Fsp3) is 0.462. The van der Waals surface area contributed by atoms with E-state index in [9.17, 15) is 4.79 Å². The van der Waals surface area contributed by atoms with Crippen molar-refractivity contribution in [2.75, 3.05) is 11.4 Å². The monoisotopic (exact) mass is 297 g/mol.